The van der Waals surface area contributed by atoms with Crippen LogP contribution in [0, 0.1) is 0 Å². The second kappa shape index (κ2) is 3.83. The van der Waals surface area contributed by atoms with Crippen LogP contribution < -0.4 is 5.73 Å². The molecular formula is C8H9F3N2O. The van der Waals surface area contributed by atoms with Crippen LogP contribution in [0.1, 0.15) is 18.2 Å². The lowest BCUT2D eigenvalue weighted by Gasteiger charge is -2.13. The number of halogens is 3. The monoisotopic (exact) mass is 206 g/mol. The SMILES string of the molecule is NC(CC(F)(F)F)c1ccc(O)cn1. The highest BCUT2D eigenvalue weighted by Gasteiger charge is 2.31. The molecule has 0 aliphatic carbocycles. The van der Waals surface area contributed by atoms with E-state index < -0.39 is 18.6 Å². The molecule has 1 aromatic heterocycles. The molecule has 0 fully saturated rings. The summed E-state index contributed by atoms with van der Waals surface area (Å²) >= 11 is 0. The molecule has 1 heterocycles. The first kappa shape index (κ1) is 10.8. The van der Waals surface area contributed by atoms with Gasteiger partial charge in [0, 0.05) is 0 Å². The van der Waals surface area contributed by atoms with Crippen LogP contribution in [0.4, 0.5) is 13.2 Å². The van der Waals surface area contributed by atoms with Gasteiger partial charge in [0.2, 0.25) is 0 Å². The average molecular weight is 206 g/mol. The molecule has 3 nitrogen and oxygen atoms in total. The summed E-state index contributed by atoms with van der Waals surface area (Å²) < 4.78 is 35.7. The molecule has 1 atom stereocenters. The fourth-order valence-corrected chi connectivity index (χ4v) is 0.971. The summed E-state index contributed by atoms with van der Waals surface area (Å²) in [6.45, 7) is 0. The maximum Gasteiger partial charge on any atom is 0.390 e. The van der Waals surface area contributed by atoms with Crippen molar-refractivity contribution in [1.82, 2.24) is 4.98 Å². The van der Waals surface area contributed by atoms with Gasteiger partial charge in [-0.25, -0.2) is 0 Å². The first-order valence-electron chi connectivity index (χ1n) is 3.86. The molecule has 1 unspecified atom stereocenters. The molecule has 0 aromatic carbocycles. The summed E-state index contributed by atoms with van der Waals surface area (Å²) in [6.07, 6.45) is -4.37. The van der Waals surface area contributed by atoms with Gasteiger partial charge >= 0.3 is 6.18 Å². The van der Waals surface area contributed by atoms with Crippen molar-refractivity contribution in [3.8, 4) is 5.75 Å². The summed E-state index contributed by atoms with van der Waals surface area (Å²) in [5.41, 5.74) is 5.38. The summed E-state index contributed by atoms with van der Waals surface area (Å²) in [5.74, 6) is -0.104. The largest absolute Gasteiger partial charge is 0.506 e. The molecule has 0 radical (unpaired) electrons. The van der Waals surface area contributed by atoms with E-state index in [1.54, 1.807) is 0 Å². The Morgan fingerprint density at radius 2 is 2.07 bits per heavy atom. The van der Waals surface area contributed by atoms with Gasteiger partial charge in [0.25, 0.3) is 0 Å². The van der Waals surface area contributed by atoms with Gasteiger partial charge in [-0.05, 0) is 12.1 Å². The van der Waals surface area contributed by atoms with Gasteiger partial charge < -0.3 is 10.8 Å². The fourth-order valence-electron chi connectivity index (χ4n) is 0.971. The molecule has 14 heavy (non-hydrogen) atoms. The number of aromatic hydroxyl groups is 1. The van der Waals surface area contributed by atoms with Crippen LogP contribution in [-0.4, -0.2) is 16.3 Å². The van der Waals surface area contributed by atoms with Gasteiger partial charge in [-0.15, -0.1) is 0 Å². The molecule has 0 spiro atoms. The minimum absolute atomic E-state index is 0.104. The van der Waals surface area contributed by atoms with Crippen LogP contribution >= 0.6 is 0 Å². The predicted octanol–water partition coefficient (Wildman–Crippen LogP) is 1.74. The van der Waals surface area contributed by atoms with Crippen LogP contribution in [0.5, 0.6) is 5.75 Å². The van der Waals surface area contributed by atoms with Gasteiger partial charge in [0.1, 0.15) is 5.75 Å². The predicted molar refractivity (Wildman–Crippen MR) is 43.5 cm³/mol. The van der Waals surface area contributed by atoms with Gasteiger partial charge in [0.05, 0.1) is 24.4 Å². The third-order valence-corrected chi connectivity index (χ3v) is 1.60. The number of hydrogen-bond acceptors (Lipinski definition) is 3. The Balaban J connectivity index is 2.70. The lowest BCUT2D eigenvalue weighted by atomic mass is 10.1. The molecule has 78 valence electrons. The second-order valence-corrected chi connectivity index (χ2v) is 2.87. The van der Waals surface area contributed by atoms with Crippen LogP contribution in [0.25, 0.3) is 0 Å². The van der Waals surface area contributed by atoms with Crippen LogP contribution in [0.3, 0.4) is 0 Å². The number of nitrogens with two attached hydrogens (primary N) is 1. The minimum Gasteiger partial charge on any atom is -0.506 e. The van der Waals surface area contributed by atoms with Crippen LogP contribution in [-0.2, 0) is 0 Å². The Bertz CT molecular complexity index is 296. The Hall–Kier alpha value is -1.30. The Morgan fingerprint density at radius 3 is 2.50 bits per heavy atom. The second-order valence-electron chi connectivity index (χ2n) is 2.87. The average Bonchev–Trinajstić information content (AvgIpc) is 2.02. The molecule has 0 amide bonds. The number of alkyl halides is 3. The van der Waals surface area contributed by atoms with Crippen LogP contribution in [0.2, 0.25) is 0 Å². The first-order chi connectivity index (χ1) is 6.38. The lowest BCUT2D eigenvalue weighted by molar-refractivity contribution is -0.138. The van der Waals surface area contributed by atoms with E-state index in [4.69, 9.17) is 10.8 Å². The van der Waals surface area contributed by atoms with E-state index in [1.165, 1.54) is 12.1 Å². The normalized spacial score (nSPS) is 14.0. The van der Waals surface area contributed by atoms with Gasteiger partial charge in [-0.3, -0.25) is 4.98 Å². The van der Waals surface area contributed by atoms with Gasteiger partial charge in [-0.1, -0.05) is 0 Å². The maximum absolute atomic E-state index is 11.9. The van der Waals surface area contributed by atoms with E-state index in [0.717, 1.165) is 6.20 Å². The standard InChI is InChI=1S/C8H9F3N2O/c9-8(10,11)3-6(12)7-2-1-5(14)4-13-7/h1-2,4,6,14H,3,12H2. The molecule has 0 aliphatic rings. The van der Waals surface area contributed by atoms with E-state index >= 15 is 0 Å². The zero-order valence-corrected chi connectivity index (χ0v) is 7.12. The molecule has 1 aromatic rings. The van der Waals surface area contributed by atoms with Gasteiger partial charge in [0.15, 0.2) is 0 Å². The summed E-state index contributed by atoms with van der Waals surface area (Å²) in [6, 6.07) is 1.33. The van der Waals surface area contributed by atoms with E-state index in [-0.39, 0.29) is 11.4 Å². The molecule has 3 N–H and O–H groups in total. The molecule has 0 bridgehead atoms. The number of hydrogen-bond donors (Lipinski definition) is 2. The quantitative estimate of drug-likeness (QED) is 0.774. The van der Waals surface area contributed by atoms with Gasteiger partial charge in [-0.2, -0.15) is 13.2 Å². The number of nitrogens with zero attached hydrogens (tertiary/aromatic N) is 1. The highest BCUT2D eigenvalue weighted by atomic mass is 19.4. The zero-order chi connectivity index (χ0) is 10.8. The van der Waals surface area contributed by atoms with E-state index in [2.05, 4.69) is 4.98 Å². The van der Waals surface area contributed by atoms with E-state index in [0.29, 0.717) is 0 Å². The van der Waals surface area contributed by atoms with E-state index in [1.807, 2.05) is 0 Å². The van der Waals surface area contributed by atoms with Crippen molar-refractivity contribution in [3.63, 3.8) is 0 Å². The highest BCUT2D eigenvalue weighted by Crippen LogP contribution is 2.27. The van der Waals surface area contributed by atoms with Crippen molar-refractivity contribution < 1.29 is 18.3 Å². The van der Waals surface area contributed by atoms with Crippen molar-refractivity contribution in [3.05, 3.63) is 24.0 Å². The third kappa shape index (κ3) is 3.21. The number of pyridine rings is 1. The molecule has 0 saturated heterocycles. The Kier molecular flexibility index (Phi) is 2.95. The van der Waals surface area contributed by atoms with Crippen molar-refractivity contribution in [1.29, 1.82) is 0 Å². The fraction of sp³-hybridized carbons (Fsp3) is 0.375. The number of aromatic nitrogens is 1. The van der Waals surface area contributed by atoms with Crippen molar-refractivity contribution in [2.24, 2.45) is 5.73 Å². The minimum atomic E-state index is -4.31. The molecule has 0 aliphatic heterocycles. The van der Waals surface area contributed by atoms with Crippen molar-refractivity contribution in [2.75, 3.05) is 0 Å². The van der Waals surface area contributed by atoms with Crippen molar-refractivity contribution in [2.45, 2.75) is 18.6 Å². The van der Waals surface area contributed by atoms with Crippen molar-refractivity contribution >= 4 is 0 Å². The number of rotatable bonds is 2. The third-order valence-electron chi connectivity index (χ3n) is 1.60. The molecule has 0 saturated carbocycles. The Labute approximate surface area is 78.4 Å². The lowest BCUT2D eigenvalue weighted by Crippen LogP contribution is -2.20. The smallest absolute Gasteiger partial charge is 0.390 e. The Morgan fingerprint density at radius 1 is 1.43 bits per heavy atom. The molecule has 6 heteroatoms. The molecular weight excluding hydrogens is 197 g/mol. The summed E-state index contributed by atoms with van der Waals surface area (Å²) in [7, 11) is 0. The highest BCUT2D eigenvalue weighted by molar-refractivity contribution is 5.19. The summed E-state index contributed by atoms with van der Waals surface area (Å²) in [5, 5.41) is 8.85. The van der Waals surface area contributed by atoms with Crippen LogP contribution in [0.15, 0.2) is 18.3 Å². The maximum atomic E-state index is 11.9. The first-order valence-corrected chi connectivity index (χ1v) is 3.86. The summed E-state index contributed by atoms with van der Waals surface area (Å²) in [4.78, 5) is 3.59. The van der Waals surface area contributed by atoms with E-state index in [9.17, 15) is 13.2 Å². The molecule has 1 rings (SSSR count). The topological polar surface area (TPSA) is 59.1 Å². The zero-order valence-electron chi connectivity index (χ0n) is 7.12.